The molecular weight excluding hydrogens is 328 g/mol. The summed E-state index contributed by atoms with van der Waals surface area (Å²) in [7, 11) is -2.46. The normalized spacial score (nSPS) is 11.2. The summed E-state index contributed by atoms with van der Waals surface area (Å²) in [5, 5.41) is 11.3. The van der Waals surface area contributed by atoms with Gasteiger partial charge in [-0.1, -0.05) is 17.7 Å². The lowest BCUT2D eigenvalue weighted by Gasteiger charge is -2.21. The molecule has 0 aliphatic rings. The van der Waals surface area contributed by atoms with E-state index in [-0.39, 0.29) is 16.3 Å². The number of nitro groups is 1. The van der Waals surface area contributed by atoms with Gasteiger partial charge in [0.05, 0.1) is 15.5 Å². The number of aryl methyl sites for hydroxylation is 1. The predicted octanol–water partition coefficient (Wildman–Crippen LogP) is 3.38. The van der Waals surface area contributed by atoms with E-state index in [1.165, 1.54) is 49.5 Å². The van der Waals surface area contributed by atoms with Gasteiger partial charge in [-0.2, -0.15) is 0 Å². The number of hydrogen-bond acceptors (Lipinski definition) is 4. The Kier molecular flexibility index (Phi) is 4.39. The zero-order valence-corrected chi connectivity index (χ0v) is 13.4. The van der Waals surface area contributed by atoms with Crippen LogP contribution < -0.4 is 4.31 Å². The number of sulfonamides is 1. The van der Waals surface area contributed by atoms with E-state index in [0.717, 1.165) is 4.31 Å². The van der Waals surface area contributed by atoms with Crippen LogP contribution in [0.4, 0.5) is 11.4 Å². The van der Waals surface area contributed by atoms with Gasteiger partial charge in [0.15, 0.2) is 0 Å². The number of nitrogens with zero attached hydrogens (tertiary/aromatic N) is 2. The topological polar surface area (TPSA) is 80.5 Å². The quantitative estimate of drug-likeness (QED) is 0.631. The summed E-state index contributed by atoms with van der Waals surface area (Å²) in [6.45, 7) is 1.69. The molecule has 8 heteroatoms. The van der Waals surface area contributed by atoms with Crippen LogP contribution in [0.2, 0.25) is 5.02 Å². The molecule has 0 spiro atoms. The van der Waals surface area contributed by atoms with Gasteiger partial charge in [-0.3, -0.25) is 14.4 Å². The van der Waals surface area contributed by atoms with Crippen LogP contribution in [0.1, 0.15) is 5.56 Å². The first kappa shape index (κ1) is 16.3. The van der Waals surface area contributed by atoms with Crippen molar-refractivity contribution in [1.82, 2.24) is 0 Å². The fourth-order valence-electron chi connectivity index (χ4n) is 1.94. The molecule has 22 heavy (non-hydrogen) atoms. The molecule has 0 bridgehead atoms. The van der Waals surface area contributed by atoms with E-state index in [9.17, 15) is 18.5 Å². The molecule has 0 aliphatic heterocycles. The summed E-state index contributed by atoms with van der Waals surface area (Å²) in [6, 6.07) is 9.82. The van der Waals surface area contributed by atoms with Crippen molar-refractivity contribution in [3.8, 4) is 0 Å². The van der Waals surface area contributed by atoms with Crippen molar-refractivity contribution >= 4 is 33.0 Å². The molecule has 0 atom stereocenters. The van der Waals surface area contributed by atoms with Gasteiger partial charge < -0.3 is 0 Å². The standard InChI is InChI=1S/C14H13ClN2O4S/c1-10-3-6-12(17(18)19)9-14(10)16(2)22(20,21)13-7-4-11(15)5-8-13/h3-9H,1-2H3. The summed E-state index contributed by atoms with van der Waals surface area (Å²) < 4.78 is 26.2. The van der Waals surface area contributed by atoms with Gasteiger partial charge >= 0.3 is 0 Å². The minimum Gasteiger partial charge on any atom is -0.269 e. The second-order valence-electron chi connectivity index (χ2n) is 4.65. The van der Waals surface area contributed by atoms with Gasteiger partial charge in [-0.25, -0.2) is 8.42 Å². The number of benzene rings is 2. The van der Waals surface area contributed by atoms with Crippen molar-refractivity contribution in [1.29, 1.82) is 0 Å². The zero-order chi connectivity index (χ0) is 16.5. The van der Waals surface area contributed by atoms with E-state index in [1.807, 2.05) is 0 Å². The highest BCUT2D eigenvalue weighted by Gasteiger charge is 2.24. The largest absolute Gasteiger partial charge is 0.271 e. The molecule has 0 aromatic heterocycles. The van der Waals surface area contributed by atoms with Crippen molar-refractivity contribution in [3.63, 3.8) is 0 Å². The summed E-state index contributed by atoms with van der Waals surface area (Å²) >= 11 is 5.76. The molecule has 0 radical (unpaired) electrons. The number of nitro benzene ring substituents is 1. The summed E-state index contributed by atoms with van der Waals surface area (Å²) in [6.07, 6.45) is 0. The third kappa shape index (κ3) is 3.05. The van der Waals surface area contributed by atoms with Gasteiger partial charge in [0.25, 0.3) is 15.7 Å². The molecule has 0 fully saturated rings. The third-order valence-electron chi connectivity index (χ3n) is 3.21. The lowest BCUT2D eigenvalue weighted by atomic mass is 10.2. The highest BCUT2D eigenvalue weighted by Crippen LogP contribution is 2.29. The smallest absolute Gasteiger partial charge is 0.269 e. The second kappa shape index (κ2) is 5.94. The van der Waals surface area contributed by atoms with Crippen molar-refractivity contribution in [3.05, 3.63) is 63.2 Å². The Morgan fingerprint density at radius 1 is 1.14 bits per heavy atom. The lowest BCUT2D eigenvalue weighted by Crippen LogP contribution is -2.27. The first-order valence-corrected chi connectivity index (χ1v) is 8.05. The van der Waals surface area contributed by atoms with Gasteiger partial charge in [-0.05, 0) is 36.8 Å². The average Bonchev–Trinajstić information content (AvgIpc) is 2.47. The van der Waals surface area contributed by atoms with Crippen LogP contribution in [0.5, 0.6) is 0 Å². The highest BCUT2D eigenvalue weighted by atomic mass is 35.5. The fraction of sp³-hybridized carbons (Fsp3) is 0.143. The van der Waals surface area contributed by atoms with Crippen molar-refractivity contribution in [2.75, 3.05) is 11.4 Å². The Bertz CT molecular complexity index is 819. The molecule has 0 heterocycles. The second-order valence-corrected chi connectivity index (χ2v) is 7.06. The van der Waals surface area contributed by atoms with E-state index in [2.05, 4.69) is 0 Å². The maximum Gasteiger partial charge on any atom is 0.271 e. The lowest BCUT2D eigenvalue weighted by molar-refractivity contribution is -0.384. The number of rotatable bonds is 4. The molecule has 2 rings (SSSR count). The van der Waals surface area contributed by atoms with Gasteiger partial charge in [0.2, 0.25) is 0 Å². The maximum atomic E-state index is 12.6. The van der Waals surface area contributed by atoms with Crippen molar-refractivity contribution in [2.45, 2.75) is 11.8 Å². The van der Waals surface area contributed by atoms with E-state index in [1.54, 1.807) is 6.92 Å². The Morgan fingerprint density at radius 2 is 1.73 bits per heavy atom. The fourth-order valence-corrected chi connectivity index (χ4v) is 3.32. The van der Waals surface area contributed by atoms with Crippen molar-refractivity contribution < 1.29 is 13.3 Å². The first-order valence-electron chi connectivity index (χ1n) is 6.23. The summed E-state index contributed by atoms with van der Waals surface area (Å²) in [5.74, 6) is 0. The number of hydrogen-bond donors (Lipinski definition) is 0. The monoisotopic (exact) mass is 340 g/mol. The molecule has 2 aromatic carbocycles. The molecule has 2 aromatic rings. The molecule has 0 unspecified atom stereocenters. The Morgan fingerprint density at radius 3 is 2.27 bits per heavy atom. The van der Waals surface area contributed by atoms with Crippen molar-refractivity contribution in [2.24, 2.45) is 0 Å². The molecule has 116 valence electrons. The first-order chi connectivity index (χ1) is 10.2. The number of non-ortho nitro benzene ring substituents is 1. The van der Waals surface area contributed by atoms with Crippen LogP contribution in [0, 0.1) is 17.0 Å². The van der Waals surface area contributed by atoms with Gasteiger partial charge in [0, 0.05) is 24.2 Å². The van der Waals surface area contributed by atoms with Gasteiger partial charge in [0.1, 0.15) is 0 Å². The van der Waals surface area contributed by atoms with Crippen LogP contribution >= 0.6 is 11.6 Å². The minimum absolute atomic E-state index is 0.0605. The van der Waals surface area contributed by atoms with E-state index in [4.69, 9.17) is 11.6 Å². The third-order valence-corrected chi connectivity index (χ3v) is 5.25. The number of anilines is 1. The molecule has 0 saturated carbocycles. The van der Waals surface area contributed by atoms with Crippen LogP contribution in [-0.4, -0.2) is 20.4 Å². The van der Waals surface area contributed by atoms with Gasteiger partial charge in [-0.15, -0.1) is 0 Å². The Balaban J connectivity index is 2.50. The zero-order valence-electron chi connectivity index (χ0n) is 11.9. The maximum absolute atomic E-state index is 12.6. The predicted molar refractivity (Wildman–Crippen MR) is 84.9 cm³/mol. The minimum atomic E-state index is -3.82. The van der Waals surface area contributed by atoms with E-state index >= 15 is 0 Å². The molecule has 6 nitrogen and oxygen atoms in total. The van der Waals surface area contributed by atoms with Crippen LogP contribution in [0.3, 0.4) is 0 Å². The van der Waals surface area contributed by atoms with E-state index in [0.29, 0.717) is 10.6 Å². The summed E-state index contributed by atoms with van der Waals surface area (Å²) in [4.78, 5) is 10.4. The molecule has 0 amide bonds. The Labute approximate surface area is 133 Å². The van der Waals surface area contributed by atoms with E-state index < -0.39 is 14.9 Å². The number of halogens is 1. The SMILES string of the molecule is Cc1ccc([N+](=O)[O-])cc1N(C)S(=O)(=O)c1ccc(Cl)cc1. The molecule has 0 saturated heterocycles. The van der Waals surface area contributed by atoms with Crippen LogP contribution in [0.15, 0.2) is 47.4 Å². The molecule has 0 aliphatic carbocycles. The molecular formula is C14H13ClN2O4S. The molecule has 0 N–H and O–H groups in total. The summed E-state index contributed by atoms with van der Waals surface area (Å²) in [5.41, 5.74) is 0.702. The van der Waals surface area contributed by atoms with Crippen LogP contribution in [0.25, 0.3) is 0 Å². The Hall–Kier alpha value is -2.12. The van der Waals surface area contributed by atoms with Crippen LogP contribution in [-0.2, 0) is 10.0 Å². The highest BCUT2D eigenvalue weighted by molar-refractivity contribution is 7.92. The average molecular weight is 341 g/mol.